The van der Waals surface area contributed by atoms with Gasteiger partial charge in [-0.05, 0) is 18.2 Å². The number of hydrazine groups is 1. The van der Waals surface area contributed by atoms with Crippen LogP contribution in [0.15, 0.2) is 28.5 Å². The van der Waals surface area contributed by atoms with E-state index < -0.39 is 21.8 Å². The largest absolute Gasteiger partial charge is 0.378 e. The van der Waals surface area contributed by atoms with Crippen LogP contribution in [0.3, 0.4) is 0 Å². The fourth-order valence-corrected chi connectivity index (χ4v) is 4.55. The van der Waals surface area contributed by atoms with E-state index in [0.29, 0.717) is 31.4 Å². The normalized spacial score (nSPS) is 14.6. The van der Waals surface area contributed by atoms with Crippen LogP contribution in [0.5, 0.6) is 0 Å². The van der Waals surface area contributed by atoms with E-state index in [1.807, 2.05) is 4.90 Å². The lowest BCUT2D eigenvalue weighted by molar-refractivity contribution is 0.0844. The number of ether oxygens (including phenoxy) is 1. The highest BCUT2D eigenvalue weighted by Gasteiger charge is 2.22. The molecule has 1 fully saturated rings. The van der Waals surface area contributed by atoms with Gasteiger partial charge in [-0.25, -0.2) is 17.7 Å². The highest BCUT2D eigenvalue weighted by atomic mass is 35.5. The van der Waals surface area contributed by atoms with Crippen molar-refractivity contribution in [2.75, 3.05) is 45.3 Å². The number of amides is 2. The predicted octanol–water partition coefficient (Wildman–Crippen LogP) is 0.958. The number of carbonyl (C=O) groups is 2. The number of carbonyl (C=O) groups excluding carboxylic acids is 2. The number of nitrogens with one attached hydrogen (secondary N) is 2. The van der Waals surface area contributed by atoms with E-state index >= 15 is 0 Å². The second-order valence-corrected chi connectivity index (χ2v) is 9.85. The fourth-order valence-electron chi connectivity index (χ4n) is 2.56. The summed E-state index contributed by atoms with van der Waals surface area (Å²) in [4.78, 5) is 31.0. The number of sulfonamides is 1. The predicted molar refractivity (Wildman–Crippen MR) is 112 cm³/mol. The van der Waals surface area contributed by atoms with Gasteiger partial charge in [0.2, 0.25) is 10.0 Å². The molecule has 0 bridgehead atoms. The molecule has 2 amide bonds. The van der Waals surface area contributed by atoms with Crippen LogP contribution >= 0.6 is 22.9 Å². The molecule has 1 aliphatic heterocycles. The maximum absolute atomic E-state index is 12.4. The molecule has 1 aliphatic rings. The molecule has 0 spiro atoms. The summed E-state index contributed by atoms with van der Waals surface area (Å²) >= 11 is 7.35. The number of halogens is 1. The maximum atomic E-state index is 12.4. The highest BCUT2D eigenvalue weighted by Crippen LogP contribution is 2.23. The second kappa shape index (κ2) is 9.27. The summed E-state index contributed by atoms with van der Waals surface area (Å²) in [7, 11) is -0.991. The Bertz CT molecular complexity index is 1050. The molecule has 1 aromatic carbocycles. The number of morpholine rings is 1. The Hall–Kier alpha value is -2.25. The first-order valence-corrected chi connectivity index (χ1v) is 11.5. The Kier molecular flexibility index (Phi) is 6.93. The van der Waals surface area contributed by atoms with Crippen LogP contribution in [0.2, 0.25) is 5.02 Å². The Morgan fingerprint density at radius 2 is 1.87 bits per heavy atom. The molecule has 0 radical (unpaired) electrons. The number of anilines is 1. The van der Waals surface area contributed by atoms with Crippen molar-refractivity contribution < 1.29 is 22.7 Å². The van der Waals surface area contributed by atoms with Crippen molar-refractivity contribution in [3.8, 4) is 0 Å². The van der Waals surface area contributed by atoms with Crippen LogP contribution in [-0.4, -0.2) is 69.9 Å². The van der Waals surface area contributed by atoms with Gasteiger partial charge in [0.25, 0.3) is 11.8 Å². The zero-order valence-corrected chi connectivity index (χ0v) is 18.6. The minimum Gasteiger partial charge on any atom is -0.378 e. The first kappa shape index (κ1) is 22.4. The first-order valence-electron chi connectivity index (χ1n) is 8.81. The number of rotatable bonds is 5. The van der Waals surface area contributed by atoms with Gasteiger partial charge in [0.1, 0.15) is 5.69 Å². The van der Waals surface area contributed by atoms with Crippen LogP contribution in [0.25, 0.3) is 0 Å². The third-order valence-electron chi connectivity index (χ3n) is 4.26. The Morgan fingerprint density at radius 1 is 1.20 bits per heavy atom. The maximum Gasteiger partial charge on any atom is 0.289 e. The summed E-state index contributed by atoms with van der Waals surface area (Å²) in [5.74, 6) is -1.36. The molecule has 0 atom stereocenters. The summed E-state index contributed by atoms with van der Waals surface area (Å²) in [5.41, 5.74) is 4.56. The zero-order valence-electron chi connectivity index (χ0n) is 16.2. The standard InChI is InChI=1S/C17H20ClN5O5S2/c1-22(2)30(26,27)11-3-4-13(18)12(9-11)15(24)20-21-16(25)14-10-29-17(19-14)23-5-7-28-8-6-23/h3-4,9-10H,5-8H2,1-2H3,(H,20,24)(H,21,25). The molecule has 30 heavy (non-hydrogen) atoms. The minimum absolute atomic E-state index is 0.0442. The van der Waals surface area contributed by atoms with Crippen molar-refractivity contribution in [2.24, 2.45) is 0 Å². The van der Waals surface area contributed by atoms with E-state index in [-0.39, 0.29) is 21.2 Å². The molecule has 162 valence electrons. The van der Waals surface area contributed by atoms with Gasteiger partial charge >= 0.3 is 0 Å². The van der Waals surface area contributed by atoms with Crippen LogP contribution in [0.1, 0.15) is 20.8 Å². The Morgan fingerprint density at radius 3 is 2.53 bits per heavy atom. The SMILES string of the molecule is CN(C)S(=O)(=O)c1ccc(Cl)c(C(=O)NNC(=O)c2csc(N3CCOCC3)n2)c1. The summed E-state index contributed by atoms with van der Waals surface area (Å²) < 4.78 is 30.8. The third-order valence-corrected chi connectivity index (χ3v) is 7.30. The van der Waals surface area contributed by atoms with Gasteiger partial charge in [-0.2, -0.15) is 0 Å². The van der Waals surface area contributed by atoms with Gasteiger partial charge in [0, 0.05) is 32.6 Å². The summed E-state index contributed by atoms with van der Waals surface area (Å²) in [6, 6.07) is 3.76. The quantitative estimate of drug-likeness (QED) is 0.620. The number of hydrogen-bond acceptors (Lipinski definition) is 8. The van der Waals surface area contributed by atoms with Gasteiger partial charge in [-0.15, -0.1) is 11.3 Å². The molecule has 3 rings (SSSR count). The molecular formula is C17H20ClN5O5S2. The van der Waals surface area contributed by atoms with Crippen molar-refractivity contribution in [1.29, 1.82) is 0 Å². The summed E-state index contributed by atoms with van der Waals surface area (Å²) in [6.07, 6.45) is 0. The number of nitrogens with zero attached hydrogens (tertiary/aromatic N) is 3. The van der Waals surface area contributed by atoms with Gasteiger partial charge in [-0.1, -0.05) is 11.6 Å². The Balaban J connectivity index is 1.67. The van der Waals surface area contributed by atoms with Gasteiger partial charge in [0.05, 0.1) is 28.7 Å². The average Bonchev–Trinajstić information content (AvgIpc) is 3.23. The van der Waals surface area contributed by atoms with Crippen molar-refractivity contribution in [3.05, 3.63) is 39.9 Å². The minimum atomic E-state index is -3.75. The molecule has 1 aromatic heterocycles. The van der Waals surface area contributed by atoms with Gasteiger partial charge < -0.3 is 9.64 Å². The molecule has 0 unspecified atom stereocenters. The molecule has 10 nitrogen and oxygen atoms in total. The van der Waals surface area contributed by atoms with Crippen LogP contribution in [0.4, 0.5) is 5.13 Å². The number of hydrogen-bond donors (Lipinski definition) is 2. The molecule has 2 heterocycles. The molecule has 2 aromatic rings. The summed E-state index contributed by atoms with van der Waals surface area (Å²) in [5, 5.41) is 2.32. The average molecular weight is 474 g/mol. The van der Waals surface area contributed by atoms with Crippen molar-refractivity contribution in [2.45, 2.75) is 4.90 Å². The Labute approximate surface area is 182 Å². The molecule has 0 aliphatic carbocycles. The zero-order chi connectivity index (χ0) is 21.9. The topological polar surface area (TPSA) is 121 Å². The van der Waals surface area contributed by atoms with Crippen molar-refractivity contribution >= 4 is 49.9 Å². The van der Waals surface area contributed by atoms with Crippen LogP contribution in [0, 0.1) is 0 Å². The van der Waals surface area contributed by atoms with Crippen molar-refractivity contribution in [3.63, 3.8) is 0 Å². The molecule has 0 saturated carbocycles. The molecule has 1 saturated heterocycles. The number of thiazole rings is 1. The van der Waals surface area contributed by atoms with Crippen LogP contribution in [-0.2, 0) is 14.8 Å². The van der Waals surface area contributed by atoms with Gasteiger partial charge in [0.15, 0.2) is 5.13 Å². The summed E-state index contributed by atoms with van der Waals surface area (Å²) in [6.45, 7) is 2.58. The molecule has 13 heteroatoms. The smallest absolute Gasteiger partial charge is 0.289 e. The van der Waals surface area contributed by atoms with E-state index in [0.717, 1.165) is 10.4 Å². The monoisotopic (exact) mass is 473 g/mol. The van der Waals surface area contributed by atoms with E-state index in [9.17, 15) is 18.0 Å². The number of aromatic nitrogens is 1. The fraction of sp³-hybridized carbons (Fsp3) is 0.353. The number of benzene rings is 1. The lowest BCUT2D eigenvalue weighted by atomic mass is 10.2. The highest BCUT2D eigenvalue weighted by molar-refractivity contribution is 7.89. The van der Waals surface area contributed by atoms with E-state index in [4.69, 9.17) is 16.3 Å². The first-order chi connectivity index (χ1) is 14.2. The lowest BCUT2D eigenvalue weighted by Gasteiger charge is -2.25. The molecular weight excluding hydrogens is 454 g/mol. The van der Waals surface area contributed by atoms with Gasteiger partial charge in [-0.3, -0.25) is 20.4 Å². The van der Waals surface area contributed by atoms with E-state index in [1.54, 1.807) is 5.38 Å². The van der Waals surface area contributed by atoms with Crippen molar-refractivity contribution in [1.82, 2.24) is 20.1 Å². The van der Waals surface area contributed by atoms with E-state index in [1.165, 1.54) is 37.6 Å². The lowest BCUT2D eigenvalue weighted by Crippen LogP contribution is -2.42. The second-order valence-electron chi connectivity index (χ2n) is 6.45. The third kappa shape index (κ3) is 4.90. The molecule has 2 N–H and O–H groups in total. The van der Waals surface area contributed by atoms with Crippen LogP contribution < -0.4 is 15.8 Å². The van der Waals surface area contributed by atoms with E-state index in [2.05, 4.69) is 15.8 Å².